The summed E-state index contributed by atoms with van der Waals surface area (Å²) in [5.41, 5.74) is 4.86. The highest BCUT2D eigenvalue weighted by Crippen LogP contribution is 2.33. The van der Waals surface area contributed by atoms with E-state index in [9.17, 15) is 9.59 Å². The van der Waals surface area contributed by atoms with Crippen LogP contribution in [0.2, 0.25) is 0 Å². The quantitative estimate of drug-likeness (QED) is 0.662. The van der Waals surface area contributed by atoms with Crippen molar-refractivity contribution in [3.63, 3.8) is 0 Å². The van der Waals surface area contributed by atoms with Gasteiger partial charge in [0.15, 0.2) is 0 Å². The summed E-state index contributed by atoms with van der Waals surface area (Å²) >= 11 is 3.48. The Morgan fingerprint density at radius 3 is 2.73 bits per heavy atom. The lowest BCUT2D eigenvalue weighted by Gasteiger charge is -2.14. The van der Waals surface area contributed by atoms with Crippen molar-refractivity contribution in [3.8, 4) is 0 Å². The summed E-state index contributed by atoms with van der Waals surface area (Å²) in [5, 5.41) is 3.48. The highest BCUT2D eigenvalue weighted by atomic mass is 79.9. The molecule has 0 saturated heterocycles. The van der Waals surface area contributed by atoms with Crippen LogP contribution in [0.1, 0.15) is 40.0 Å². The molecule has 0 spiro atoms. The molecule has 3 aromatic rings. The van der Waals surface area contributed by atoms with Crippen LogP contribution in [0, 0.1) is 13.8 Å². The summed E-state index contributed by atoms with van der Waals surface area (Å²) < 4.78 is 2.92. The molecule has 132 valence electrons. The lowest BCUT2D eigenvalue weighted by molar-refractivity contribution is 0.102. The van der Waals surface area contributed by atoms with Crippen molar-refractivity contribution in [2.45, 2.75) is 33.2 Å². The van der Waals surface area contributed by atoms with Gasteiger partial charge in [-0.15, -0.1) is 0 Å². The van der Waals surface area contributed by atoms with E-state index in [4.69, 9.17) is 0 Å². The molecule has 2 heterocycles. The summed E-state index contributed by atoms with van der Waals surface area (Å²) in [4.78, 5) is 25.9. The first-order chi connectivity index (χ1) is 12.3. The van der Waals surface area contributed by atoms with Gasteiger partial charge in [0.05, 0.1) is 5.52 Å². The number of nitrogens with one attached hydrogen (secondary N) is 1. The van der Waals surface area contributed by atoms with Crippen molar-refractivity contribution < 1.29 is 4.79 Å². The van der Waals surface area contributed by atoms with Crippen molar-refractivity contribution in [1.29, 1.82) is 0 Å². The third-order valence-electron chi connectivity index (χ3n) is 5.03. The number of hydrogen-bond acceptors (Lipinski definition) is 2. The topological polar surface area (TPSA) is 51.1 Å². The summed E-state index contributed by atoms with van der Waals surface area (Å²) in [6.45, 7) is 6.05. The Labute approximate surface area is 160 Å². The van der Waals surface area contributed by atoms with Gasteiger partial charge in [0.2, 0.25) is 5.43 Å². The second-order valence-corrected chi connectivity index (χ2v) is 7.98. The lowest BCUT2D eigenvalue weighted by Crippen LogP contribution is -2.24. The fraction of sp³-hybridized carbons (Fsp3) is 0.238. The Kier molecular flexibility index (Phi) is 3.99. The van der Waals surface area contributed by atoms with E-state index in [0.29, 0.717) is 5.39 Å². The first-order valence-electron chi connectivity index (χ1n) is 8.61. The number of anilines is 1. The van der Waals surface area contributed by atoms with Crippen LogP contribution >= 0.6 is 15.9 Å². The third-order valence-corrected chi connectivity index (χ3v) is 5.49. The van der Waals surface area contributed by atoms with Crippen LogP contribution in [0.5, 0.6) is 0 Å². The maximum absolute atomic E-state index is 13.0. The Morgan fingerprint density at radius 1 is 1.23 bits per heavy atom. The van der Waals surface area contributed by atoms with Gasteiger partial charge in [0, 0.05) is 27.8 Å². The first kappa shape index (κ1) is 17.0. The van der Waals surface area contributed by atoms with Crippen LogP contribution in [0.15, 0.2) is 45.8 Å². The van der Waals surface area contributed by atoms with Gasteiger partial charge in [0.1, 0.15) is 5.56 Å². The van der Waals surface area contributed by atoms with Crippen molar-refractivity contribution in [2.24, 2.45) is 0 Å². The molecule has 5 heteroatoms. The van der Waals surface area contributed by atoms with Crippen LogP contribution in [0.4, 0.5) is 5.69 Å². The maximum Gasteiger partial charge on any atom is 0.261 e. The van der Waals surface area contributed by atoms with E-state index in [-0.39, 0.29) is 22.9 Å². The number of hydrogen-bond donors (Lipinski definition) is 1. The minimum atomic E-state index is -0.367. The van der Waals surface area contributed by atoms with Gasteiger partial charge in [-0.25, -0.2) is 0 Å². The number of aromatic nitrogens is 1. The predicted molar refractivity (Wildman–Crippen MR) is 108 cm³/mol. The molecule has 1 N–H and O–H groups in total. The molecule has 0 aliphatic carbocycles. The van der Waals surface area contributed by atoms with Crippen LogP contribution in [-0.2, 0) is 6.42 Å². The van der Waals surface area contributed by atoms with Gasteiger partial charge < -0.3 is 9.88 Å². The Hall–Kier alpha value is -2.40. The number of benzene rings is 2. The molecule has 0 fully saturated rings. The van der Waals surface area contributed by atoms with Gasteiger partial charge in [-0.05, 0) is 56.5 Å². The normalized spacial score (nSPS) is 15.5. The molecule has 0 bridgehead atoms. The Balaban J connectivity index is 1.84. The highest BCUT2D eigenvalue weighted by Gasteiger charge is 2.25. The Morgan fingerprint density at radius 2 is 2.00 bits per heavy atom. The van der Waals surface area contributed by atoms with Gasteiger partial charge in [-0.2, -0.15) is 0 Å². The monoisotopic (exact) mass is 410 g/mol. The molecule has 1 aliphatic heterocycles. The fourth-order valence-electron chi connectivity index (χ4n) is 3.77. The molecule has 1 unspecified atom stereocenters. The third kappa shape index (κ3) is 2.67. The molecule has 1 aromatic heterocycles. The summed E-state index contributed by atoms with van der Waals surface area (Å²) in [6, 6.07) is 9.91. The van der Waals surface area contributed by atoms with Crippen LogP contribution in [-0.4, -0.2) is 10.5 Å². The molecule has 1 aliphatic rings. The molecule has 0 saturated carbocycles. The smallest absolute Gasteiger partial charge is 0.261 e. The van der Waals surface area contributed by atoms with Gasteiger partial charge in [0.25, 0.3) is 5.91 Å². The molecular formula is C21H19BrN2O2. The number of aryl methyl sites for hydroxylation is 2. The van der Waals surface area contributed by atoms with Crippen molar-refractivity contribution in [3.05, 3.63) is 73.5 Å². The second kappa shape index (κ2) is 6.09. The molecule has 4 rings (SSSR count). The highest BCUT2D eigenvalue weighted by molar-refractivity contribution is 9.10. The van der Waals surface area contributed by atoms with Gasteiger partial charge >= 0.3 is 0 Å². The van der Waals surface area contributed by atoms with E-state index >= 15 is 0 Å². The van der Waals surface area contributed by atoms with Crippen molar-refractivity contribution in [2.75, 3.05) is 5.32 Å². The second-order valence-electron chi connectivity index (χ2n) is 7.07. The number of carbonyl (C=O) groups excluding carboxylic acids is 1. The van der Waals surface area contributed by atoms with Crippen molar-refractivity contribution >= 4 is 38.4 Å². The fourth-order valence-corrected chi connectivity index (χ4v) is 4.27. The lowest BCUT2D eigenvalue weighted by atomic mass is 10.1. The summed E-state index contributed by atoms with van der Waals surface area (Å²) in [6.07, 6.45) is 2.57. The van der Waals surface area contributed by atoms with Crippen LogP contribution in [0.25, 0.3) is 10.9 Å². The molecule has 4 nitrogen and oxygen atoms in total. The number of pyridine rings is 1. The molecular weight excluding hydrogens is 392 g/mol. The zero-order valence-corrected chi connectivity index (χ0v) is 16.5. The van der Waals surface area contributed by atoms with Crippen molar-refractivity contribution in [1.82, 2.24) is 4.57 Å². The SMILES string of the molecule is Cc1ccc(NC(=O)c2cn3c4c(cc(Br)cc4c2=O)CC3C)c(C)c1. The van der Waals surface area contributed by atoms with E-state index in [2.05, 4.69) is 38.8 Å². The number of rotatable bonds is 2. The van der Waals surface area contributed by atoms with Crippen LogP contribution in [0.3, 0.4) is 0 Å². The van der Waals surface area contributed by atoms with E-state index in [1.54, 1.807) is 6.20 Å². The maximum atomic E-state index is 13.0. The minimum Gasteiger partial charge on any atom is -0.343 e. The standard InChI is InChI=1S/C21H19BrN2O2/c1-11-4-5-18(12(2)6-11)23-21(26)17-10-24-13(3)7-14-8-15(22)9-16(19(14)24)20(17)25/h4-6,8-10,13H,7H2,1-3H3,(H,23,26). The molecule has 26 heavy (non-hydrogen) atoms. The van der Waals surface area contributed by atoms with E-state index in [1.807, 2.05) is 38.1 Å². The number of nitrogens with zero attached hydrogens (tertiary/aromatic N) is 1. The molecule has 1 atom stereocenters. The zero-order valence-electron chi connectivity index (χ0n) is 14.9. The molecule has 2 aromatic carbocycles. The van der Waals surface area contributed by atoms with Crippen LogP contribution < -0.4 is 10.7 Å². The summed E-state index contributed by atoms with van der Waals surface area (Å²) in [7, 11) is 0. The molecule has 0 radical (unpaired) electrons. The largest absolute Gasteiger partial charge is 0.343 e. The number of carbonyl (C=O) groups is 1. The minimum absolute atomic E-state index is 0.176. The average Bonchev–Trinajstić information content (AvgIpc) is 2.88. The van der Waals surface area contributed by atoms with Gasteiger partial charge in [-0.1, -0.05) is 33.6 Å². The first-order valence-corrected chi connectivity index (χ1v) is 9.40. The van der Waals surface area contributed by atoms with Gasteiger partial charge in [-0.3, -0.25) is 9.59 Å². The van der Waals surface area contributed by atoms with E-state index in [0.717, 1.165) is 38.8 Å². The van der Waals surface area contributed by atoms with E-state index < -0.39 is 0 Å². The zero-order chi connectivity index (χ0) is 18.6. The predicted octanol–water partition coefficient (Wildman–Crippen LogP) is 4.75. The average molecular weight is 411 g/mol. The Bertz CT molecular complexity index is 1130. The number of amides is 1. The molecule has 1 amide bonds. The summed E-state index contributed by atoms with van der Waals surface area (Å²) in [5.74, 6) is -0.367. The number of halogens is 1. The van der Waals surface area contributed by atoms with E-state index in [1.165, 1.54) is 0 Å².